The summed E-state index contributed by atoms with van der Waals surface area (Å²) in [7, 11) is 0. The highest BCUT2D eigenvalue weighted by Crippen LogP contribution is 2.27. The number of halogens is 4. The minimum Gasteiger partial charge on any atom is -0.406 e. The molecule has 1 aromatic rings. The Morgan fingerprint density at radius 3 is 2.56 bits per heavy atom. The third-order valence-corrected chi connectivity index (χ3v) is 2.21. The van der Waals surface area contributed by atoms with Crippen molar-refractivity contribution in [2.24, 2.45) is 0 Å². The third kappa shape index (κ3) is 4.94. The lowest BCUT2D eigenvalue weighted by molar-refractivity contribution is -0.274. The molecule has 0 N–H and O–H groups in total. The molecule has 1 rings (SSSR count). The Morgan fingerprint density at radius 1 is 1.31 bits per heavy atom. The Balaban J connectivity index is 2.94. The minimum absolute atomic E-state index is 0.249. The molecule has 0 amide bonds. The van der Waals surface area contributed by atoms with E-state index in [9.17, 15) is 13.2 Å². The molecule has 1 nitrogen and oxygen atoms in total. The quantitative estimate of drug-likeness (QED) is 0.819. The van der Waals surface area contributed by atoms with Crippen LogP contribution in [0.25, 0.3) is 6.08 Å². The molecule has 0 spiro atoms. The van der Waals surface area contributed by atoms with E-state index in [1.807, 2.05) is 0 Å². The van der Waals surface area contributed by atoms with Crippen molar-refractivity contribution in [1.82, 2.24) is 0 Å². The highest BCUT2D eigenvalue weighted by Gasteiger charge is 2.31. The first-order valence-electron chi connectivity index (χ1n) is 4.24. The first-order chi connectivity index (χ1) is 7.40. The Kier molecular flexibility index (Phi) is 4.73. The van der Waals surface area contributed by atoms with Gasteiger partial charge in [0, 0.05) is 10.2 Å². The van der Waals surface area contributed by atoms with Crippen molar-refractivity contribution in [3.8, 4) is 5.75 Å². The summed E-state index contributed by atoms with van der Waals surface area (Å²) in [6.45, 7) is 0. The van der Waals surface area contributed by atoms with E-state index in [4.69, 9.17) is 0 Å². The van der Waals surface area contributed by atoms with Gasteiger partial charge >= 0.3 is 6.36 Å². The van der Waals surface area contributed by atoms with E-state index >= 15 is 0 Å². The van der Waals surface area contributed by atoms with Gasteiger partial charge in [0.15, 0.2) is 0 Å². The molecular formula is C10H8BrF3OS. The molecule has 0 unspecified atom stereocenters. The first kappa shape index (κ1) is 13.4. The van der Waals surface area contributed by atoms with Crippen LogP contribution in [-0.2, 0) is 0 Å². The van der Waals surface area contributed by atoms with Gasteiger partial charge in [-0.1, -0.05) is 28.1 Å². The number of ether oxygens (including phenoxy) is 1. The zero-order chi connectivity index (χ0) is 12.2. The van der Waals surface area contributed by atoms with Crippen LogP contribution in [0.5, 0.6) is 5.75 Å². The molecule has 0 fully saturated rings. The van der Waals surface area contributed by atoms with Crippen molar-refractivity contribution < 1.29 is 17.9 Å². The van der Waals surface area contributed by atoms with E-state index in [1.165, 1.54) is 12.1 Å². The standard InChI is InChI=1S/C10H8BrF3OS/c11-8-4-7(2-1-3-16)5-9(6-8)15-10(12,13)14/h1-2,4-6,16H,3H2. The lowest BCUT2D eigenvalue weighted by Crippen LogP contribution is -2.17. The second-order valence-corrected chi connectivity index (χ2v) is 4.13. The van der Waals surface area contributed by atoms with E-state index < -0.39 is 6.36 Å². The fraction of sp³-hybridized carbons (Fsp3) is 0.200. The van der Waals surface area contributed by atoms with Crippen LogP contribution in [0.1, 0.15) is 5.56 Å². The molecule has 0 aliphatic carbocycles. The van der Waals surface area contributed by atoms with Crippen LogP contribution in [0.3, 0.4) is 0 Å². The summed E-state index contributed by atoms with van der Waals surface area (Å²) in [4.78, 5) is 0. The van der Waals surface area contributed by atoms with Gasteiger partial charge < -0.3 is 4.74 Å². The van der Waals surface area contributed by atoms with Crippen molar-refractivity contribution in [2.75, 3.05) is 5.75 Å². The SMILES string of the molecule is FC(F)(F)Oc1cc(Br)cc(C=CCS)c1. The zero-order valence-electron chi connectivity index (χ0n) is 7.96. The zero-order valence-corrected chi connectivity index (χ0v) is 10.4. The molecule has 0 aliphatic heterocycles. The van der Waals surface area contributed by atoms with E-state index in [2.05, 4.69) is 33.3 Å². The van der Waals surface area contributed by atoms with Gasteiger partial charge in [-0.15, -0.1) is 13.2 Å². The average molecular weight is 313 g/mol. The summed E-state index contributed by atoms with van der Waals surface area (Å²) in [6.07, 6.45) is -1.28. The number of thiol groups is 1. The molecule has 0 radical (unpaired) electrons. The summed E-state index contributed by atoms with van der Waals surface area (Å²) in [5, 5.41) is 0. The monoisotopic (exact) mass is 312 g/mol. The predicted octanol–water partition coefficient (Wildman–Crippen LogP) is 4.29. The highest BCUT2D eigenvalue weighted by atomic mass is 79.9. The summed E-state index contributed by atoms with van der Waals surface area (Å²) < 4.78 is 40.3. The van der Waals surface area contributed by atoms with Gasteiger partial charge in [-0.05, 0) is 23.8 Å². The Bertz CT molecular complexity index is 390. The molecule has 0 atom stereocenters. The first-order valence-corrected chi connectivity index (χ1v) is 5.67. The van der Waals surface area contributed by atoms with Gasteiger partial charge in [0.25, 0.3) is 0 Å². The summed E-state index contributed by atoms with van der Waals surface area (Å²) in [6, 6.07) is 4.24. The van der Waals surface area contributed by atoms with Crippen LogP contribution in [0.2, 0.25) is 0 Å². The second-order valence-electron chi connectivity index (χ2n) is 2.85. The molecular weight excluding hydrogens is 305 g/mol. The maximum Gasteiger partial charge on any atom is 0.573 e. The smallest absolute Gasteiger partial charge is 0.406 e. The maximum absolute atomic E-state index is 12.0. The fourth-order valence-electron chi connectivity index (χ4n) is 1.06. The van der Waals surface area contributed by atoms with Crippen molar-refractivity contribution in [3.05, 3.63) is 34.3 Å². The van der Waals surface area contributed by atoms with E-state index in [-0.39, 0.29) is 5.75 Å². The fourth-order valence-corrected chi connectivity index (χ4v) is 1.66. The number of rotatable bonds is 3. The Morgan fingerprint density at radius 2 is 2.00 bits per heavy atom. The molecule has 16 heavy (non-hydrogen) atoms. The summed E-state index contributed by atoms with van der Waals surface area (Å²) >= 11 is 7.07. The van der Waals surface area contributed by atoms with Crippen LogP contribution in [0, 0.1) is 0 Å². The largest absolute Gasteiger partial charge is 0.573 e. The van der Waals surface area contributed by atoms with Crippen LogP contribution in [0.4, 0.5) is 13.2 Å². The van der Waals surface area contributed by atoms with Gasteiger partial charge in [0.05, 0.1) is 0 Å². The summed E-state index contributed by atoms with van der Waals surface area (Å²) in [5.41, 5.74) is 0.614. The van der Waals surface area contributed by atoms with Crippen molar-refractivity contribution in [3.63, 3.8) is 0 Å². The second kappa shape index (κ2) is 5.63. The van der Waals surface area contributed by atoms with Crippen LogP contribution < -0.4 is 4.74 Å². The van der Waals surface area contributed by atoms with Crippen molar-refractivity contribution in [2.45, 2.75) is 6.36 Å². The van der Waals surface area contributed by atoms with Gasteiger partial charge in [-0.2, -0.15) is 12.6 Å². The Labute approximate surface area is 105 Å². The number of hydrogen-bond donors (Lipinski definition) is 1. The molecule has 0 saturated heterocycles. The lowest BCUT2D eigenvalue weighted by atomic mass is 10.2. The van der Waals surface area contributed by atoms with Gasteiger partial charge in [0.1, 0.15) is 5.75 Å². The number of hydrogen-bond acceptors (Lipinski definition) is 2. The van der Waals surface area contributed by atoms with Crippen molar-refractivity contribution >= 4 is 34.6 Å². The molecule has 0 saturated carbocycles. The highest BCUT2D eigenvalue weighted by molar-refractivity contribution is 9.10. The molecule has 6 heteroatoms. The van der Waals surface area contributed by atoms with Gasteiger partial charge in [0.2, 0.25) is 0 Å². The maximum atomic E-state index is 12.0. The minimum atomic E-state index is -4.68. The molecule has 0 bridgehead atoms. The van der Waals surface area contributed by atoms with Gasteiger partial charge in [-0.25, -0.2) is 0 Å². The number of alkyl halides is 3. The van der Waals surface area contributed by atoms with E-state index in [1.54, 1.807) is 18.2 Å². The number of benzene rings is 1. The molecule has 0 heterocycles. The van der Waals surface area contributed by atoms with E-state index in [0.717, 1.165) is 0 Å². The molecule has 88 valence electrons. The predicted molar refractivity (Wildman–Crippen MR) is 63.7 cm³/mol. The van der Waals surface area contributed by atoms with Crippen LogP contribution in [-0.4, -0.2) is 12.1 Å². The third-order valence-electron chi connectivity index (χ3n) is 1.54. The normalized spacial score (nSPS) is 12.1. The molecule has 0 aliphatic rings. The van der Waals surface area contributed by atoms with Crippen LogP contribution >= 0.6 is 28.6 Å². The molecule has 0 aromatic heterocycles. The van der Waals surface area contributed by atoms with E-state index in [0.29, 0.717) is 15.8 Å². The topological polar surface area (TPSA) is 9.23 Å². The van der Waals surface area contributed by atoms with Crippen LogP contribution in [0.15, 0.2) is 28.7 Å². The van der Waals surface area contributed by atoms with Crippen molar-refractivity contribution in [1.29, 1.82) is 0 Å². The lowest BCUT2D eigenvalue weighted by Gasteiger charge is -2.09. The van der Waals surface area contributed by atoms with Gasteiger partial charge in [-0.3, -0.25) is 0 Å². The Hall–Kier alpha value is -0.620. The summed E-state index contributed by atoms with van der Waals surface area (Å²) in [5.74, 6) is 0.266. The average Bonchev–Trinajstić information content (AvgIpc) is 2.10. The molecule has 1 aromatic carbocycles.